The quantitative estimate of drug-likeness (QED) is 0.867. The van der Waals surface area contributed by atoms with Crippen LogP contribution >= 0.6 is 0 Å². The second kappa shape index (κ2) is 5.10. The Hall–Kier alpha value is -1.00. The fourth-order valence-corrected chi connectivity index (χ4v) is 2.20. The minimum atomic E-state index is -0.313. The van der Waals surface area contributed by atoms with Crippen molar-refractivity contribution in [2.45, 2.75) is 51.2 Å². The predicted molar refractivity (Wildman–Crippen MR) is 66.5 cm³/mol. The molecule has 0 amide bonds. The van der Waals surface area contributed by atoms with Crippen LogP contribution in [0.2, 0.25) is 0 Å². The predicted octanol–water partition coefficient (Wildman–Crippen LogP) is 1.78. The summed E-state index contributed by atoms with van der Waals surface area (Å²) in [6.45, 7) is 4.87. The Bertz CT molecular complexity index is 373. The Labute approximate surface area is 103 Å². The normalized spacial score (nSPS) is 26.8. The summed E-state index contributed by atoms with van der Waals surface area (Å²) in [4.78, 5) is 8.96. The van der Waals surface area contributed by atoms with Gasteiger partial charge in [-0.1, -0.05) is 0 Å². The standard InChI is InChI=1S/C13H21N3O/c1-10(14)9-11-5-7-15-12(16-11)13(2)6-3-4-8-17-13/h5,7,10H,3-4,6,8-9,14H2,1-2H3. The highest BCUT2D eigenvalue weighted by Gasteiger charge is 2.32. The minimum absolute atomic E-state index is 0.123. The molecule has 0 saturated carbocycles. The zero-order valence-corrected chi connectivity index (χ0v) is 10.6. The van der Waals surface area contributed by atoms with Crippen molar-refractivity contribution in [3.63, 3.8) is 0 Å². The average molecular weight is 235 g/mol. The summed E-state index contributed by atoms with van der Waals surface area (Å²) >= 11 is 0. The van der Waals surface area contributed by atoms with Gasteiger partial charge in [0.15, 0.2) is 5.82 Å². The van der Waals surface area contributed by atoms with Gasteiger partial charge >= 0.3 is 0 Å². The molecule has 1 fully saturated rings. The molecule has 0 aliphatic carbocycles. The Balaban J connectivity index is 2.19. The first kappa shape index (κ1) is 12.5. The Morgan fingerprint density at radius 3 is 3.00 bits per heavy atom. The van der Waals surface area contributed by atoms with Crippen LogP contribution in [0.4, 0.5) is 0 Å². The van der Waals surface area contributed by atoms with Crippen LogP contribution in [0.5, 0.6) is 0 Å². The molecule has 1 aromatic rings. The highest BCUT2D eigenvalue weighted by molar-refractivity contribution is 5.09. The van der Waals surface area contributed by atoms with Gasteiger partial charge in [-0.2, -0.15) is 0 Å². The van der Waals surface area contributed by atoms with E-state index in [4.69, 9.17) is 10.5 Å². The topological polar surface area (TPSA) is 61.0 Å². The maximum atomic E-state index is 5.86. The van der Waals surface area contributed by atoms with Crippen LogP contribution in [-0.4, -0.2) is 22.6 Å². The smallest absolute Gasteiger partial charge is 0.160 e. The van der Waals surface area contributed by atoms with Gasteiger partial charge in [-0.25, -0.2) is 9.97 Å². The molecule has 94 valence electrons. The summed E-state index contributed by atoms with van der Waals surface area (Å²) in [6.07, 6.45) is 5.90. The van der Waals surface area contributed by atoms with Crippen LogP contribution < -0.4 is 5.73 Å². The lowest BCUT2D eigenvalue weighted by Gasteiger charge is -2.32. The van der Waals surface area contributed by atoms with E-state index in [1.165, 1.54) is 6.42 Å². The van der Waals surface area contributed by atoms with Crippen molar-refractivity contribution in [1.82, 2.24) is 9.97 Å². The fraction of sp³-hybridized carbons (Fsp3) is 0.692. The van der Waals surface area contributed by atoms with E-state index in [2.05, 4.69) is 16.9 Å². The Morgan fingerprint density at radius 1 is 1.53 bits per heavy atom. The molecule has 17 heavy (non-hydrogen) atoms. The van der Waals surface area contributed by atoms with Gasteiger partial charge < -0.3 is 10.5 Å². The lowest BCUT2D eigenvalue weighted by atomic mass is 9.95. The van der Waals surface area contributed by atoms with E-state index in [9.17, 15) is 0 Å². The van der Waals surface area contributed by atoms with E-state index in [1.54, 1.807) is 0 Å². The number of rotatable bonds is 3. The molecule has 1 aliphatic rings. The third-order valence-corrected chi connectivity index (χ3v) is 3.19. The number of hydrogen-bond donors (Lipinski definition) is 1. The van der Waals surface area contributed by atoms with Gasteiger partial charge in [0.05, 0.1) is 0 Å². The van der Waals surface area contributed by atoms with Crippen LogP contribution in [0.3, 0.4) is 0 Å². The molecule has 0 bridgehead atoms. The van der Waals surface area contributed by atoms with Crippen LogP contribution in [0.1, 0.15) is 44.6 Å². The molecule has 1 aliphatic heterocycles. The summed E-state index contributed by atoms with van der Waals surface area (Å²) in [5, 5.41) is 0. The van der Waals surface area contributed by atoms with E-state index < -0.39 is 0 Å². The molecule has 2 atom stereocenters. The fourth-order valence-electron chi connectivity index (χ4n) is 2.20. The van der Waals surface area contributed by atoms with Crippen molar-refractivity contribution >= 4 is 0 Å². The molecule has 2 rings (SSSR count). The van der Waals surface area contributed by atoms with Crippen molar-refractivity contribution in [2.24, 2.45) is 5.73 Å². The van der Waals surface area contributed by atoms with E-state index in [-0.39, 0.29) is 11.6 Å². The summed E-state index contributed by atoms with van der Waals surface area (Å²) in [5.41, 5.74) is 6.48. The van der Waals surface area contributed by atoms with Crippen molar-refractivity contribution in [3.8, 4) is 0 Å². The molecule has 0 spiro atoms. The molecular formula is C13H21N3O. The SMILES string of the molecule is CC(N)Cc1ccnc(C2(C)CCCCO2)n1. The average Bonchev–Trinajstić information content (AvgIpc) is 2.29. The van der Waals surface area contributed by atoms with E-state index >= 15 is 0 Å². The molecule has 1 aromatic heterocycles. The molecular weight excluding hydrogens is 214 g/mol. The van der Waals surface area contributed by atoms with Crippen LogP contribution in [0.25, 0.3) is 0 Å². The third kappa shape index (κ3) is 3.01. The number of nitrogens with two attached hydrogens (primary N) is 1. The van der Waals surface area contributed by atoms with Crippen molar-refractivity contribution in [2.75, 3.05) is 6.61 Å². The van der Waals surface area contributed by atoms with Gasteiger partial charge in [-0.05, 0) is 39.2 Å². The van der Waals surface area contributed by atoms with Gasteiger partial charge in [0.1, 0.15) is 5.60 Å². The molecule has 0 aromatic carbocycles. The number of hydrogen-bond acceptors (Lipinski definition) is 4. The van der Waals surface area contributed by atoms with Crippen LogP contribution in [0.15, 0.2) is 12.3 Å². The minimum Gasteiger partial charge on any atom is -0.367 e. The van der Waals surface area contributed by atoms with Crippen molar-refractivity contribution < 1.29 is 4.74 Å². The van der Waals surface area contributed by atoms with Gasteiger partial charge in [0, 0.05) is 31.0 Å². The maximum absolute atomic E-state index is 5.86. The number of nitrogens with zero attached hydrogens (tertiary/aromatic N) is 2. The zero-order chi connectivity index (χ0) is 12.3. The van der Waals surface area contributed by atoms with E-state index in [1.807, 2.05) is 19.2 Å². The molecule has 2 unspecified atom stereocenters. The zero-order valence-electron chi connectivity index (χ0n) is 10.6. The number of ether oxygens (including phenoxy) is 1. The molecule has 4 nitrogen and oxygen atoms in total. The monoisotopic (exact) mass is 235 g/mol. The highest BCUT2D eigenvalue weighted by atomic mass is 16.5. The van der Waals surface area contributed by atoms with Crippen LogP contribution in [0, 0.1) is 0 Å². The molecule has 2 N–H and O–H groups in total. The Kier molecular flexibility index (Phi) is 3.74. The lowest BCUT2D eigenvalue weighted by Crippen LogP contribution is -2.32. The van der Waals surface area contributed by atoms with Crippen LogP contribution in [-0.2, 0) is 16.8 Å². The molecule has 4 heteroatoms. The second-order valence-corrected chi connectivity index (χ2v) is 5.09. The first-order valence-corrected chi connectivity index (χ1v) is 6.32. The maximum Gasteiger partial charge on any atom is 0.160 e. The molecule has 0 radical (unpaired) electrons. The van der Waals surface area contributed by atoms with Gasteiger partial charge in [0.25, 0.3) is 0 Å². The van der Waals surface area contributed by atoms with Crippen molar-refractivity contribution in [3.05, 3.63) is 23.8 Å². The number of aromatic nitrogens is 2. The van der Waals surface area contributed by atoms with Gasteiger partial charge in [-0.3, -0.25) is 0 Å². The lowest BCUT2D eigenvalue weighted by molar-refractivity contribution is -0.0761. The summed E-state index contributed by atoms with van der Waals surface area (Å²) in [6, 6.07) is 2.05. The van der Waals surface area contributed by atoms with E-state index in [0.29, 0.717) is 0 Å². The first-order valence-electron chi connectivity index (χ1n) is 6.32. The summed E-state index contributed by atoms with van der Waals surface area (Å²) in [5.74, 6) is 0.801. The largest absolute Gasteiger partial charge is 0.367 e. The highest BCUT2D eigenvalue weighted by Crippen LogP contribution is 2.32. The Morgan fingerprint density at radius 2 is 2.35 bits per heavy atom. The third-order valence-electron chi connectivity index (χ3n) is 3.19. The van der Waals surface area contributed by atoms with E-state index in [0.717, 1.165) is 37.4 Å². The molecule has 2 heterocycles. The summed E-state index contributed by atoms with van der Waals surface area (Å²) < 4.78 is 5.86. The van der Waals surface area contributed by atoms with Gasteiger partial charge in [0.2, 0.25) is 0 Å². The summed E-state index contributed by atoms with van der Waals surface area (Å²) in [7, 11) is 0. The van der Waals surface area contributed by atoms with Gasteiger partial charge in [-0.15, -0.1) is 0 Å². The van der Waals surface area contributed by atoms with Crippen molar-refractivity contribution in [1.29, 1.82) is 0 Å². The second-order valence-electron chi connectivity index (χ2n) is 5.09. The first-order chi connectivity index (χ1) is 8.10. The molecule has 1 saturated heterocycles.